The maximum absolute atomic E-state index is 13.0. The van der Waals surface area contributed by atoms with Gasteiger partial charge in [-0.05, 0) is 47.5 Å². The van der Waals surface area contributed by atoms with Crippen molar-refractivity contribution in [2.75, 3.05) is 6.61 Å². The van der Waals surface area contributed by atoms with Crippen molar-refractivity contribution in [1.29, 1.82) is 0 Å². The van der Waals surface area contributed by atoms with Crippen LogP contribution in [0.15, 0.2) is 91.0 Å². The zero-order valence-corrected chi connectivity index (χ0v) is 21.2. The van der Waals surface area contributed by atoms with E-state index in [0.29, 0.717) is 12.0 Å². The minimum absolute atomic E-state index is 0.0858. The predicted octanol–water partition coefficient (Wildman–Crippen LogP) is 6.05. The summed E-state index contributed by atoms with van der Waals surface area (Å²) in [6.45, 7) is -0.480. The Morgan fingerprint density at radius 2 is 1.68 bits per heavy atom. The van der Waals surface area contributed by atoms with Gasteiger partial charge in [-0.1, -0.05) is 54.6 Å². The molecule has 0 spiro atoms. The summed E-state index contributed by atoms with van der Waals surface area (Å²) in [4.78, 5) is 37.3. The van der Waals surface area contributed by atoms with Gasteiger partial charge in [-0.15, -0.1) is 0 Å². The molecule has 5 rings (SSSR count). The third kappa shape index (κ3) is 6.25. The van der Waals surface area contributed by atoms with E-state index in [0.717, 1.165) is 23.3 Å². The molecule has 40 heavy (non-hydrogen) atoms. The molecule has 206 valence electrons. The second-order valence-electron chi connectivity index (χ2n) is 9.74. The summed E-state index contributed by atoms with van der Waals surface area (Å²) in [5, 5.41) is 0. The number of hydrogen-bond acceptors (Lipinski definition) is 6. The monoisotopic (exact) mass is 550 g/mol. The van der Waals surface area contributed by atoms with Crippen LogP contribution in [0.3, 0.4) is 0 Å². The number of fused-ring (bicyclic) bond motifs is 1. The Labute approximate surface area is 228 Å². The van der Waals surface area contributed by atoms with Crippen molar-refractivity contribution in [2.24, 2.45) is 11.8 Å². The van der Waals surface area contributed by atoms with E-state index in [-0.39, 0.29) is 24.1 Å². The lowest BCUT2D eigenvalue weighted by Gasteiger charge is -2.20. The SMILES string of the molecule is O=C(/C=C/[C@H]1[C@H](OC(=O)c2ccc(-c3ccccc3)cc2)CC2OC(=O)C[C@@H]21)COc1cccc(C(F)(F)F)c1. The Morgan fingerprint density at radius 1 is 0.950 bits per heavy atom. The van der Waals surface area contributed by atoms with Crippen LogP contribution in [0.5, 0.6) is 5.75 Å². The molecule has 9 heteroatoms. The topological polar surface area (TPSA) is 78.9 Å². The predicted molar refractivity (Wildman–Crippen MR) is 138 cm³/mol. The van der Waals surface area contributed by atoms with Crippen molar-refractivity contribution in [2.45, 2.75) is 31.2 Å². The summed E-state index contributed by atoms with van der Waals surface area (Å²) in [5.41, 5.74) is 1.45. The summed E-state index contributed by atoms with van der Waals surface area (Å²) in [5.74, 6) is -2.19. The molecule has 0 aromatic heterocycles. The van der Waals surface area contributed by atoms with Crippen molar-refractivity contribution in [3.63, 3.8) is 0 Å². The number of alkyl halides is 3. The van der Waals surface area contributed by atoms with Crippen molar-refractivity contribution in [3.05, 3.63) is 102 Å². The number of hydrogen-bond donors (Lipinski definition) is 0. The number of halogens is 3. The summed E-state index contributed by atoms with van der Waals surface area (Å²) in [6.07, 6.45) is -2.34. The lowest BCUT2D eigenvalue weighted by molar-refractivity contribution is -0.142. The number of esters is 2. The molecule has 0 radical (unpaired) electrons. The quantitative estimate of drug-likeness (QED) is 0.251. The summed E-state index contributed by atoms with van der Waals surface area (Å²) >= 11 is 0. The average Bonchev–Trinajstić information content (AvgIpc) is 3.46. The minimum atomic E-state index is -4.53. The molecular formula is C31H25F3O6. The zero-order valence-electron chi connectivity index (χ0n) is 21.2. The summed E-state index contributed by atoms with van der Waals surface area (Å²) in [7, 11) is 0. The van der Waals surface area contributed by atoms with Crippen molar-refractivity contribution < 1.29 is 41.8 Å². The molecule has 3 aromatic carbocycles. The Bertz CT molecular complexity index is 1410. The molecule has 0 N–H and O–H groups in total. The third-order valence-electron chi connectivity index (χ3n) is 7.08. The maximum atomic E-state index is 13.0. The van der Waals surface area contributed by atoms with E-state index in [4.69, 9.17) is 14.2 Å². The van der Waals surface area contributed by atoms with Crippen LogP contribution in [-0.2, 0) is 25.2 Å². The van der Waals surface area contributed by atoms with E-state index in [1.165, 1.54) is 18.2 Å². The van der Waals surface area contributed by atoms with E-state index in [9.17, 15) is 27.6 Å². The fraction of sp³-hybridized carbons (Fsp3) is 0.258. The van der Waals surface area contributed by atoms with E-state index in [1.807, 2.05) is 42.5 Å². The van der Waals surface area contributed by atoms with Crippen LogP contribution in [0.2, 0.25) is 0 Å². The van der Waals surface area contributed by atoms with Crippen molar-refractivity contribution >= 4 is 17.7 Å². The first-order valence-corrected chi connectivity index (χ1v) is 12.7. The van der Waals surface area contributed by atoms with Crippen LogP contribution in [0, 0.1) is 11.8 Å². The van der Waals surface area contributed by atoms with Gasteiger partial charge in [0.1, 0.15) is 18.0 Å². The lowest BCUT2D eigenvalue weighted by Crippen LogP contribution is -2.25. The normalized spacial score (nSPS) is 22.1. The maximum Gasteiger partial charge on any atom is 0.416 e. The average molecular weight is 551 g/mol. The molecule has 0 bridgehead atoms. The highest BCUT2D eigenvalue weighted by molar-refractivity contribution is 5.91. The molecule has 1 aliphatic heterocycles. The molecule has 1 heterocycles. The van der Waals surface area contributed by atoms with Gasteiger partial charge < -0.3 is 14.2 Å². The standard InChI is InChI=1S/C31H25F3O6/c32-31(33,34)22-7-4-8-24(15-22)38-18-23(35)13-14-25-26-16-29(36)39-28(26)17-27(25)40-30(37)21-11-9-20(10-12-21)19-5-2-1-3-6-19/h1-15,25-28H,16-18H2/b14-13+/t25-,26-,27-,28?/m1/s1. The molecule has 4 atom stereocenters. The first-order chi connectivity index (χ1) is 19.2. The van der Waals surface area contributed by atoms with Crippen LogP contribution >= 0.6 is 0 Å². The van der Waals surface area contributed by atoms with E-state index >= 15 is 0 Å². The minimum Gasteiger partial charge on any atom is -0.485 e. The van der Waals surface area contributed by atoms with Crippen LogP contribution < -0.4 is 4.74 Å². The molecule has 2 fully saturated rings. The first kappa shape index (κ1) is 27.2. The van der Waals surface area contributed by atoms with Gasteiger partial charge in [0.2, 0.25) is 0 Å². The van der Waals surface area contributed by atoms with E-state index < -0.39 is 48.2 Å². The van der Waals surface area contributed by atoms with Gasteiger partial charge in [0, 0.05) is 18.3 Å². The van der Waals surface area contributed by atoms with Crippen LogP contribution in [-0.4, -0.2) is 36.5 Å². The van der Waals surface area contributed by atoms with E-state index in [2.05, 4.69) is 0 Å². The van der Waals surface area contributed by atoms with Crippen LogP contribution in [0.25, 0.3) is 11.1 Å². The number of rotatable bonds is 8. The molecule has 6 nitrogen and oxygen atoms in total. The molecule has 1 saturated carbocycles. The first-order valence-electron chi connectivity index (χ1n) is 12.7. The Hall–Kier alpha value is -4.40. The molecule has 1 saturated heterocycles. The Kier molecular flexibility index (Phi) is 7.73. The smallest absolute Gasteiger partial charge is 0.416 e. The molecule has 1 unspecified atom stereocenters. The fourth-order valence-electron chi connectivity index (χ4n) is 5.11. The largest absolute Gasteiger partial charge is 0.485 e. The van der Waals surface area contributed by atoms with E-state index in [1.54, 1.807) is 18.2 Å². The van der Waals surface area contributed by atoms with Crippen LogP contribution in [0.1, 0.15) is 28.8 Å². The molecule has 3 aromatic rings. The zero-order chi connectivity index (χ0) is 28.3. The number of benzene rings is 3. The molecule has 0 amide bonds. The van der Waals surface area contributed by atoms with Crippen molar-refractivity contribution in [1.82, 2.24) is 0 Å². The van der Waals surface area contributed by atoms with Gasteiger partial charge in [-0.3, -0.25) is 9.59 Å². The second kappa shape index (κ2) is 11.4. The number of carbonyl (C=O) groups is 3. The lowest BCUT2D eigenvalue weighted by atomic mass is 9.91. The van der Waals surface area contributed by atoms with Gasteiger partial charge in [0.15, 0.2) is 12.4 Å². The highest BCUT2D eigenvalue weighted by Gasteiger charge is 2.50. The number of ether oxygens (including phenoxy) is 3. The number of ketones is 1. The molecule has 1 aliphatic carbocycles. The van der Waals surface area contributed by atoms with Gasteiger partial charge in [-0.25, -0.2) is 4.79 Å². The van der Waals surface area contributed by atoms with Gasteiger partial charge >= 0.3 is 18.1 Å². The molecular weight excluding hydrogens is 525 g/mol. The van der Waals surface area contributed by atoms with Gasteiger partial charge in [0.25, 0.3) is 0 Å². The van der Waals surface area contributed by atoms with Gasteiger partial charge in [0.05, 0.1) is 17.5 Å². The second-order valence-corrected chi connectivity index (χ2v) is 9.74. The summed E-state index contributed by atoms with van der Waals surface area (Å²) in [6, 6.07) is 21.0. The molecule has 2 aliphatic rings. The van der Waals surface area contributed by atoms with Crippen molar-refractivity contribution in [3.8, 4) is 16.9 Å². The highest BCUT2D eigenvalue weighted by Crippen LogP contribution is 2.43. The van der Waals surface area contributed by atoms with Crippen LogP contribution in [0.4, 0.5) is 13.2 Å². The number of carbonyl (C=O) groups excluding carboxylic acids is 3. The Balaban J connectivity index is 1.23. The fourth-order valence-corrected chi connectivity index (χ4v) is 5.11. The summed E-state index contributed by atoms with van der Waals surface area (Å²) < 4.78 is 55.2. The van der Waals surface area contributed by atoms with Gasteiger partial charge in [-0.2, -0.15) is 13.2 Å². The Morgan fingerprint density at radius 3 is 2.40 bits per heavy atom. The third-order valence-corrected chi connectivity index (χ3v) is 7.08. The highest BCUT2D eigenvalue weighted by atomic mass is 19.4.